The molecule has 0 aromatic heterocycles. The molecule has 0 unspecified atom stereocenters. The summed E-state index contributed by atoms with van der Waals surface area (Å²) in [7, 11) is 9.68. The summed E-state index contributed by atoms with van der Waals surface area (Å²) < 4.78 is 95.3. The molecule has 0 aliphatic carbocycles. The highest BCUT2D eigenvalue weighted by atomic mass is 16.8. The Morgan fingerprint density at radius 3 is 1.29 bits per heavy atom. The molecule has 0 spiro atoms. The average molecular weight is 1600 g/mol. The molecular weight excluding hydrogens is 1450 g/mol. The van der Waals surface area contributed by atoms with Gasteiger partial charge in [-0.05, 0) is 136 Å². The number of aliphatic hydroxyl groups excluding tert-OH is 6. The third-order valence-corrected chi connectivity index (χ3v) is 25.6. The first kappa shape index (κ1) is 96.8. The normalized spacial score (nSPS) is 47.5. The average Bonchev–Trinajstić information content (AvgIpc) is 0.757. The van der Waals surface area contributed by atoms with E-state index in [1.54, 1.807) is 104 Å². The summed E-state index contributed by atoms with van der Waals surface area (Å²) in [5.41, 5.74) is -9.46. The van der Waals surface area contributed by atoms with E-state index in [1.165, 1.54) is 42.3 Å². The Morgan fingerprint density at radius 1 is 0.495 bits per heavy atom. The van der Waals surface area contributed by atoms with Gasteiger partial charge in [0, 0.05) is 102 Å². The number of hydrogen-bond acceptors (Lipinski definition) is 32. The van der Waals surface area contributed by atoms with Crippen molar-refractivity contribution in [3.63, 3.8) is 0 Å². The molecule has 0 amide bonds. The molecule has 6 saturated heterocycles. The zero-order valence-electron chi connectivity index (χ0n) is 71.1. The van der Waals surface area contributed by atoms with Crippen LogP contribution in [0.5, 0.6) is 0 Å². The number of hydrogen-bond donors (Lipinski definition) is 10. The molecule has 6 aliphatic rings. The number of likely N-dealkylation sites (N-methyl/N-ethyl adjacent to an activating group) is 2. The predicted octanol–water partition coefficient (Wildman–Crippen LogP) is 4.66. The van der Waals surface area contributed by atoms with Crippen LogP contribution in [0.15, 0.2) is 10.3 Å². The zero-order valence-corrected chi connectivity index (χ0v) is 71.1. The predicted molar refractivity (Wildman–Crippen MR) is 406 cm³/mol. The van der Waals surface area contributed by atoms with Crippen LogP contribution in [-0.2, 0) is 85.5 Å². The van der Waals surface area contributed by atoms with E-state index in [0.29, 0.717) is 25.9 Å². The fourth-order valence-corrected chi connectivity index (χ4v) is 18.2. The number of nitrogens with zero attached hydrogens (tertiary/aromatic N) is 4. The molecule has 6 rings (SSSR count). The minimum atomic E-state index is -2.07. The highest BCUT2D eigenvalue weighted by Crippen LogP contribution is 2.45. The molecule has 32 nitrogen and oxygen atoms in total. The Bertz CT molecular complexity index is 2940. The molecule has 6 fully saturated rings. The van der Waals surface area contributed by atoms with Crippen LogP contribution in [0.4, 0.5) is 0 Å². The molecule has 36 atom stereocenters. The van der Waals surface area contributed by atoms with Gasteiger partial charge in [0.25, 0.3) is 0 Å². The van der Waals surface area contributed by atoms with Gasteiger partial charge in [-0.3, -0.25) is 19.4 Å². The van der Waals surface area contributed by atoms with Gasteiger partial charge in [-0.2, -0.15) is 0 Å². The highest BCUT2D eigenvalue weighted by molar-refractivity contribution is 5.89. The van der Waals surface area contributed by atoms with Gasteiger partial charge in [0.2, 0.25) is 6.79 Å². The van der Waals surface area contributed by atoms with Crippen LogP contribution in [0.25, 0.3) is 0 Å². The van der Waals surface area contributed by atoms with Crippen LogP contribution >= 0.6 is 0 Å². The lowest BCUT2D eigenvalue weighted by Crippen LogP contribution is -2.62. The standard InChI is InChI=1S/C79H144N4O28/c1-27-54-78(19,93)64(86)44(7)58(80-95)41(4)36-77(18,99-26)69(47(10)63(49(12)71(91)106-54)109-57-38-76(17,98-25)67(89)51(14)105-57)111-73-61(85)53(34-43(6)103-73)83(22)30-29-82(21)52-33-42(5)102-72(60(52)84)110-68-46(9)62(108-56-37-75(16,97-24)66(88)50(13)104-56)48(11)70(90)107-55(28-2)79(20,94)65(87)45(8)59(40(3)35-74(68,15)92)81-101-39-100-32-31-96-23/h40-57,60-69,72-73,84-89,92-95H,27-39H2,1-26H3/b80-58-,81-59-/t40-,41-,42-,43-,44+,45+,46+,47+,48-,49-,50+,51+,52+,53+,54-,55-,56+,57+,60-,61-,62+,63+,64-,65-,66+,67+,68-,69-,72+,73+,74-,75-,76-,77-,78-,79-/m1/s1. The SMILES string of the molecule is CC[C@H]1OC(=O)[C@H](C)[C@@H](O[C@H]2C[C@@](C)(OC)[C@@H](O)[C@H](C)O2)[C@H](C)[C@@H](O[C@@H]2O[C@H](C)C[C@H](N(C)CCN(C)[C@H]3C[C@@H](C)O[C@@H](O[C@@H]4[C@@H](C)[C@H](O[C@H]5C[C@@](C)(OC)[C@@H](O)[C@H](C)O5)[C@@H](C)C(=O)O[C@H](CC)[C@@](C)(O)[C@H](O)[C@@H](C)/C(=N\OCOCCOC)[C@H](C)C[C@@]4(C)O)[C@@H]3O)[C@H]2O)[C@](C)(OC)C[C@@H](C)/C(=N/O)[C@H](C)[C@@H](O)[C@]1(C)O. The quantitative estimate of drug-likeness (QED) is 0.0206. The van der Waals surface area contributed by atoms with E-state index in [0.717, 1.165) is 0 Å². The maximum atomic E-state index is 14.9. The Balaban J connectivity index is 1.35. The van der Waals surface area contributed by atoms with Crippen LogP contribution in [0, 0.1) is 47.3 Å². The molecule has 648 valence electrons. The van der Waals surface area contributed by atoms with Crippen molar-refractivity contribution in [3.05, 3.63) is 0 Å². The molecule has 0 radical (unpaired) electrons. The number of carbonyl (C=O) groups excluding carboxylic acids is 2. The van der Waals surface area contributed by atoms with E-state index in [2.05, 4.69) is 10.3 Å². The van der Waals surface area contributed by atoms with Gasteiger partial charge >= 0.3 is 11.9 Å². The summed E-state index contributed by atoms with van der Waals surface area (Å²) in [5.74, 6) is -9.25. The molecule has 6 heterocycles. The third kappa shape index (κ3) is 22.5. The Hall–Kier alpha value is -3.08. The van der Waals surface area contributed by atoms with Crippen LogP contribution in [-0.4, -0.2) is 328 Å². The fraction of sp³-hybridized carbons (Fsp3) is 0.949. The number of esters is 2. The lowest BCUT2D eigenvalue weighted by Gasteiger charge is -2.50. The van der Waals surface area contributed by atoms with E-state index in [9.17, 15) is 60.8 Å². The van der Waals surface area contributed by atoms with Gasteiger partial charge in [0.15, 0.2) is 25.2 Å². The first-order valence-electron chi connectivity index (χ1n) is 40.1. The smallest absolute Gasteiger partial charge is 0.311 e. The van der Waals surface area contributed by atoms with Crippen LogP contribution in [0.2, 0.25) is 0 Å². The minimum Gasteiger partial charge on any atom is -0.459 e. The minimum absolute atomic E-state index is 0.00375. The molecule has 0 saturated carbocycles. The topological polar surface area (TPSA) is 415 Å². The van der Waals surface area contributed by atoms with Crippen molar-refractivity contribution < 1.29 is 137 Å². The summed E-state index contributed by atoms with van der Waals surface area (Å²) in [6, 6.07) is -1.28. The number of rotatable bonds is 24. The number of carbonyl (C=O) groups is 2. The van der Waals surface area contributed by atoms with Crippen LogP contribution < -0.4 is 0 Å². The van der Waals surface area contributed by atoms with E-state index < -0.39 is 228 Å². The zero-order chi connectivity index (χ0) is 83.7. The van der Waals surface area contributed by atoms with Crippen molar-refractivity contribution >= 4 is 23.4 Å². The summed E-state index contributed by atoms with van der Waals surface area (Å²) in [4.78, 5) is 39.4. The monoisotopic (exact) mass is 1600 g/mol. The lowest BCUT2D eigenvalue weighted by molar-refractivity contribution is -0.320. The van der Waals surface area contributed by atoms with E-state index >= 15 is 0 Å². The third-order valence-electron chi connectivity index (χ3n) is 25.6. The Labute approximate surface area is 658 Å². The van der Waals surface area contributed by atoms with Crippen molar-refractivity contribution in [2.75, 3.05) is 75.6 Å². The number of oxime groups is 2. The van der Waals surface area contributed by atoms with Crippen LogP contribution in [0.1, 0.15) is 190 Å². The second kappa shape index (κ2) is 40.6. The maximum absolute atomic E-state index is 14.9. The van der Waals surface area contributed by atoms with Crippen LogP contribution in [0.3, 0.4) is 0 Å². The van der Waals surface area contributed by atoms with Gasteiger partial charge in [-0.25, -0.2) is 0 Å². The van der Waals surface area contributed by atoms with E-state index in [-0.39, 0.29) is 70.0 Å². The summed E-state index contributed by atoms with van der Waals surface area (Å²) in [6.45, 7) is 34.4. The van der Waals surface area contributed by atoms with Gasteiger partial charge in [0.05, 0.1) is 120 Å². The Kier molecular flexibility index (Phi) is 35.4. The number of ether oxygens (including phenoxy) is 15. The number of methoxy groups -OCH3 is 4. The molecule has 10 N–H and O–H groups in total. The highest BCUT2D eigenvalue weighted by Gasteiger charge is 2.58. The lowest BCUT2D eigenvalue weighted by atomic mass is 9.73. The van der Waals surface area contributed by atoms with Crippen molar-refractivity contribution in [2.24, 2.45) is 57.7 Å². The Morgan fingerprint density at radius 2 is 0.892 bits per heavy atom. The van der Waals surface area contributed by atoms with E-state index in [4.69, 9.17) is 75.9 Å². The second-order valence-electron chi connectivity index (χ2n) is 34.5. The second-order valence-corrected chi connectivity index (χ2v) is 34.5. The largest absolute Gasteiger partial charge is 0.459 e. The molecule has 111 heavy (non-hydrogen) atoms. The number of aliphatic hydroxyl groups is 9. The molecule has 0 aromatic carbocycles. The van der Waals surface area contributed by atoms with Gasteiger partial charge in [-0.15, -0.1) is 0 Å². The molecule has 32 heteroatoms. The summed E-state index contributed by atoms with van der Waals surface area (Å²) >= 11 is 0. The molecule has 6 aliphatic heterocycles. The molecular formula is C79H144N4O28. The van der Waals surface area contributed by atoms with Crippen molar-refractivity contribution in [3.8, 4) is 0 Å². The van der Waals surface area contributed by atoms with Crippen molar-refractivity contribution in [1.29, 1.82) is 0 Å². The first-order chi connectivity index (χ1) is 51.6. The van der Waals surface area contributed by atoms with Gasteiger partial charge < -0.3 is 127 Å². The van der Waals surface area contributed by atoms with E-state index in [1.807, 2.05) is 44.7 Å². The summed E-state index contributed by atoms with van der Waals surface area (Å²) in [6.07, 6.45) is -22.4. The van der Waals surface area contributed by atoms with Gasteiger partial charge in [-0.1, -0.05) is 65.7 Å². The van der Waals surface area contributed by atoms with Crippen molar-refractivity contribution in [2.45, 2.75) is 358 Å². The maximum Gasteiger partial charge on any atom is 0.311 e. The molecule has 0 bridgehead atoms. The van der Waals surface area contributed by atoms with Gasteiger partial charge in [0.1, 0.15) is 47.8 Å². The molecule has 0 aromatic rings. The fourth-order valence-electron chi connectivity index (χ4n) is 18.2. The van der Waals surface area contributed by atoms with Crippen molar-refractivity contribution in [1.82, 2.24) is 9.80 Å². The number of cyclic esters (lactones) is 2. The first-order valence-corrected chi connectivity index (χ1v) is 40.1. The summed E-state index contributed by atoms with van der Waals surface area (Å²) in [5, 5.41) is 129.